The number of piperazine rings is 1. The van der Waals surface area contributed by atoms with Crippen molar-refractivity contribution in [2.75, 3.05) is 31.1 Å². The van der Waals surface area contributed by atoms with Crippen molar-refractivity contribution in [3.8, 4) is 0 Å². The van der Waals surface area contributed by atoms with Crippen molar-refractivity contribution in [3.63, 3.8) is 0 Å². The molecule has 1 aromatic heterocycles. The van der Waals surface area contributed by atoms with E-state index in [4.69, 9.17) is 0 Å². The van der Waals surface area contributed by atoms with Gasteiger partial charge in [0.15, 0.2) is 0 Å². The van der Waals surface area contributed by atoms with E-state index in [2.05, 4.69) is 0 Å². The average molecular weight is 412 g/mol. The largest absolute Gasteiger partial charge is 0.336 e. The van der Waals surface area contributed by atoms with Crippen molar-refractivity contribution in [1.82, 2.24) is 9.80 Å². The third kappa shape index (κ3) is 3.44. The summed E-state index contributed by atoms with van der Waals surface area (Å²) < 4.78 is 0. The number of likely N-dealkylation sites (tertiary alicyclic amines) is 1. The Bertz CT molecular complexity index is 972. The molecule has 0 saturated carbocycles. The van der Waals surface area contributed by atoms with Crippen LogP contribution in [0.15, 0.2) is 35.0 Å². The smallest absolute Gasteiger partial charge is 0.253 e. The normalized spacial score (nSPS) is 21.9. The molecule has 1 unspecified atom stereocenters. The summed E-state index contributed by atoms with van der Waals surface area (Å²) in [5, 5.41) is 3.89. The highest BCUT2D eigenvalue weighted by Crippen LogP contribution is 2.35. The van der Waals surface area contributed by atoms with E-state index in [1.54, 1.807) is 9.80 Å². The van der Waals surface area contributed by atoms with Crippen LogP contribution in [0.4, 0.5) is 5.69 Å². The number of anilines is 1. The summed E-state index contributed by atoms with van der Waals surface area (Å²) in [6.07, 6.45) is 0.664. The highest BCUT2D eigenvalue weighted by atomic mass is 32.1. The van der Waals surface area contributed by atoms with Crippen molar-refractivity contribution < 1.29 is 14.4 Å². The summed E-state index contributed by atoms with van der Waals surface area (Å²) in [6.45, 7) is 7.00. The maximum Gasteiger partial charge on any atom is 0.253 e. The molecule has 6 nitrogen and oxygen atoms in total. The van der Waals surface area contributed by atoms with Gasteiger partial charge in [-0.3, -0.25) is 14.4 Å². The summed E-state index contributed by atoms with van der Waals surface area (Å²) in [5.74, 6) is -0.223. The fraction of sp³-hybridized carbons (Fsp3) is 0.409. The van der Waals surface area contributed by atoms with Crippen molar-refractivity contribution in [3.05, 3.63) is 51.7 Å². The molecule has 1 atom stereocenters. The number of benzene rings is 1. The van der Waals surface area contributed by atoms with Crippen molar-refractivity contribution in [2.24, 2.45) is 0 Å². The predicted molar refractivity (Wildman–Crippen MR) is 113 cm³/mol. The first-order valence-corrected chi connectivity index (χ1v) is 10.7. The highest BCUT2D eigenvalue weighted by molar-refractivity contribution is 7.08. The predicted octanol–water partition coefficient (Wildman–Crippen LogP) is 2.84. The number of carbonyl (C=O) groups is 3. The van der Waals surface area contributed by atoms with Crippen LogP contribution in [0.5, 0.6) is 0 Å². The molecule has 7 heteroatoms. The van der Waals surface area contributed by atoms with Crippen LogP contribution < -0.4 is 4.90 Å². The molecular weight excluding hydrogens is 386 g/mol. The Labute approximate surface area is 174 Å². The lowest BCUT2D eigenvalue weighted by molar-refractivity contribution is -0.142. The number of aryl methyl sites for hydroxylation is 2. The molecule has 3 amide bonds. The first-order valence-electron chi connectivity index (χ1n) is 9.78. The van der Waals surface area contributed by atoms with E-state index < -0.39 is 5.54 Å². The van der Waals surface area contributed by atoms with E-state index in [0.29, 0.717) is 31.6 Å². The van der Waals surface area contributed by atoms with Gasteiger partial charge < -0.3 is 14.7 Å². The van der Waals surface area contributed by atoms with Gasteiger partial charge in [-0.2, -0.15) is 11.3 Å². The van der Waals surface area contributed by atoms with Crippen LogP contribution in [-0.4, -0.2) is 59.2 Å². The highest BCUT2D eigenvalue weighted by Gasteiger charge is 2.51. The molecule has 4 rings (SSSR count). The van der Waals surface area contributed by atoms with E-state index in [1.807, 2.05) is 53.8 Å². The number of hydrogen-bond donors (Lipinski definition) is 0. The van der Waals surface area contributed by atoms with Crippen LogP contribution in [0.3, 0.4) is 0 Å². The van der Waals surface area contributed by atoms with Crippen molar-refractivity contribution in [1.29, 1.82) is 0 Å². The third-order valence-electron chi connectivity index (χ3n) is 6.19. The Morgan fingerprint density at radius 2 is 1.90 bits per heavy atom. The van der Waals surface area contributed by atoms with Gasteiger partial charge in [0.1, 0.15) is 6.54 Å². The quantitative estimate of drug-likeness (QED) is 0.764. The summed E-state index contributed by atoms with van der Waals surface area (Å²) >= 11 is 1.54. The van der Waals surface area contributed by atoms with Gasteiger partial charge in [-0.15, -0.1) is 0 Å². The van der Waals surface area contributed by atoms with Crippen LogP contribution in [0.1, 0.15) is 34.8 Å². The van der Waals surface area contributed by atoms with Crippen LogP contribution in [-0.2, 0) is 9.59 Å². The lowest BCUT2D eigenvalue weighted by Crippen LogP contribution is -2.67. The second-order valence-electron chi connectivity index (χ2n) is 8.07. The second-order valence-corrected chi connectivity index (χ2v) is 8.85. The van der Waals surface area contributed by atoms with Crippen LogP contribution >= 0.6 is 11.3 Å². The first kappa shape index (κ1) is 19.6. The standard InChI is InChI=1S/C22H25N3O3S/c1-15-4-5-18(10-16(15)2)21(28)23-8-7-22(13-23)14-24(19-6-9-29-12-19)20(27)11-25(22)17(3)26/h4-6,9-10,12H,7-8,11,13-14H2,1-3H3. The minimum Gasteiger partial charge on any atom is -0.336 e. The molecule has 2 fully saturated rings. The van der Waals surface area contributed by atoms with Crippen LogP contribution in [0, 0.1) is 13.8 Å². The van der Waals surface area contributed by atoms with Gasteiger partial charge >= 0.3 is 0 Å². The fourth-order valence-electron chi connectivity index (χ4n) is 4.38. The number of rotatable bonds is 2. The van der Waals surface area contributed by atoms with E-state index >= 15 is 0 Å². The molecule has 0 aliphatic carbocycles. The molecule has 2 saturated heterocycles. The zero-order valence-corrected chi connectivity index (χ0v) is 17.8. The fourth-order valence-corrected chi connectivity index (χ4v) is 5.03. The molecule has 3 heterocycles. The van der Waals surface area contributed by atoms with Gasteiger partial charge in [0.25, 0.3) is 5.91 Å². The Morgan fingerprint density at radius 1 is 1.10 bits per heavy atom. The van der Waals surface area contributed by atoms with Gasteiger partial charge in [-0.05, 0) is 55.0 Å². The molecule has 2 aromatic rings. The molecular formula is C22H25N3O3S. The molecule has 1 aromatic carbocycles. The number of nitrogens with zero attached hydrogens (tertiary/aromatic N) is 3. The number of carbonyl (C=O) groups excluding carboxylic acids is 3. The molecule has 0 radical (unpaired) electrons. The zero-order chi connectivity index (χ0) is 20.8. The van der Waals surface area contributed by atoms with Crippen molar-refractivity contribution in [2.45, 2.75) is 32.7 Å². The Kier molecular flexibility index (Phi) is 4.94. The van der Waals surface area contributed by atoms with Gasteiger partial charge in [0, 0.05) is 31.0 Å². The summed E-state index contributed by atoms with van der Waals surface area (Å²) in [5.41, 5.74) is 3.22. The topological polar surface area (TPSA) is 60.9 Å². The Hall–Kier alpha value is -2.67. The van der Waals surface area contributed by atoms with E-state index in [1.165, 1.54) is 18.3 Å². The van der Waals surface area contributed by atoms with Crippen LogP contribution in [0.2, 0.25) is 0 Å². The zero-order valence-electron chi connectivity index (χ0n) is 17.0. The molecule has 2 aliphatic heterocycles. The maximum atomic E-state index is 13.1. The van der Waals surface area contributed by atoms with Gasteiger partial charge in [0.05, 0.1) is 17.8 Å². The van der Waals surface area contributed by atoms with Crippen molar-refractivity contribution >= 4 is 34.7 Å². The lowest BCUT2D eigenvalue weighted by atomic mass is 9.92. The van der Waals surface area contributed by atoms with Gasteiger partial charge in [0.2, 0.25) is 11.8 Å². The lowest BCUT2D eigenvalue weighted by Gasteiger charge is -2.47. The summed E-state index contributed by atoms with van der Waals surface area (Å²) in [7, 11) is 0. The Morgan fingerprint density at radius 3 is 2.55 bits per heavy atom. The van der Waals surface area contributed by atoms with Gasteiger partial charge in [-0.1, -0.05) is 6.07 Å². The number of amides is 3. The monoisotopic (exact) mass is 411 g/mol. The van der Waals surface area contributed by atoms with E-state index in [9.17, 15) is 14.4 Å². The molecule has 29 heavy (non-hydrogen) atoms. The minimum atomic E-state index is -0.545. The average Bonchev–Trinajstić information content (AvgIpc) is 3.36. The van der Waals surface area contributed by atoms with Gasteiger partial charge in [-0.25, -0.2) is 0 Å². The van der Waals surface area contributed by atoms with E-state index in [0.717, 1.165) is 16.8 Å². The molecule has 1 spiro atoms. The first-order chi connectivity index (χ1) is 13.8. The maximum absolute atomic E-state index is 13.1. The summed E-state index contributed by atoms with van der Waals surface area (Å²) in [4.78, 5) is 43.5. The van der Waals surface area contributed by atoms with Crippen LogP contribution in [0.25, 0.3) is 0 Å². The van der Waals surface area contributed by atoms with E-state index in [-0.39, 0.29) is 24.3 Å². The number of thiophene rings is 1. The second kappa shape index (κ2) is 7.30. The molecule has 152 valence electrons. The molecule has 0 bridgehead atoms. The number of hydrogen-bond acceptors (Lipinski definition) is 4. The minimum absolute atomic E-state index is 0.0209. The molecule has 2 aliphatic rings. The third-order valence-corrected chi connectivity index (χ3v) is 6.86. The SMILES string of the molecule is CC(=O)N1CC(=O)N(c2ccsc2)CC12CCN(C(=O)c1ccc(C)c(C)c1)C2. The Balaban J connectivity index is 1.61. The molecule has 0 N–H and O–H groups in total. The summed E-state index contributed by atoms with van der Waals surface area (Å²) in [6, 6.07) is 7.68.